The highest BCUT2D eigenvalue weighted by atomic mass is 15.1. The third-order valence-electron chi connectivity index (χ3n) is 20.8. The van der Waals surface area contributed by atoms with Crippen LogP contribution < -0.4 is 16.4 Å². The molecule has 2 aliphatic carbocycles. The summed E-state index contributed by atoms with van der Waals surface area (Å²) in [4.78, 5) is 0. The summed E-state index contributed by atoms with van der Waals surface area (Å²) in [7, 11) is 0. The molecule has 2 unspecified atom stereocenters. The minimum atomic E-state index is -0.541. The molecule has 78 heavy (non-hydrogen) atoms. The van der Waals surface area contributed by atoms with Crippen LogP contribution >= 0.6 is 0 Å². The molecule has 8 aromatic carbocycles. The smallest absolute Gasteiger partial charge is 0.252 e. The zero-order valence-electron chi connectivity index (χ0n) is 48.7. The average molecular weight is 1020 g/mol. The Morgan fingerprint density at radius 3 is 1.64 bits per heavy atom. The van der Waals surface area contributed by atoms with Gasteiger partial charge in [-0.3, -0.25) is 0 Å². The number of benzene rings is 8. The molecule has 388 valence electrons. The predicted molar refractivity (Wildman–Crippen MR) is 334 cm³/mol. The molecule has 15 rings (SSSR count). The minimum Gasteiger partial charge on any atom is -0.310 e. The maximum Gasteiger partial charge on any atom is 0.252 e. The van der Waals surface area contributed by atoms with E-state index in [1.54, 1.807) is 5.56 Å². The summed E-state index contributed by atoms with van der Waals surface area (Å²) in [6.07, 6.45) is 4.46. The second kappa shape index (κ2) is 15.7. The van der Waals surface area contributed by atoms with Gasteiger partial charge in [-0.2, -0.15) is 0 Å². The molecule has 1 spiro atoms. The Labute approximate surface area is 464 Å². The molecule has 3 aliphatic heterocycles. The van der Waals surface area contributed by atoms with Crippen LogP contribution in [0, 0.1) is 0 Å². The summed E-state index contributed by atoms with van der Waals surface area (Å²) in [5, 5.41) is 4.21. The molecule has 2 aromatic heterocycles. The Balaban J connectivity index is 1.21. The Morgan fingerprint density at radius 1 is 0.500 bits per heavy atom. The van der Waals surface area contributed by atoms with Crippen LogP contribution in [0.2, 0.25) is 0 Å². The molecule has 5 heterocycles. The molecule has 3 heteroatoms. The topological polar surface area (TPSA) is 9.86 Å². The SMILES string of the molecule is CCC(C)c1cc2c3c(c1)c1cc(C(C)CC)cc4c1n3-c1c(ccc3c1B2c1c2c(cc5c(-c6ccc(C(C)(C)C)cc6)c(-c6ccc(C(C)(C)C)cc6)n-3c15)C(C)(C)CCC2(C)C)C41c2ccccc2-c2ccccc21. The highest BCUT2D eigenvalue weighted by Crippen LogP contribution is 2.63. The molecule has 0 saturated carbocycles. The standard InChI is InChI=1S/C75H75BN2/c1-15-42(3)46-37-52-53-38-47(43(4)16-2)40-60-68(53)78-67(52)59(39-46)75(55-23-19-17-21-50(55)51-22-18-20-24-56(51)75)57-33-34-61-64(70(57)78)76(60)65-63-58(73(11,12)35-36-74(63,13)14)41-54-62(44-25-29-48(30-26-44)71(5,6)7)66(77(61)69(54)65)45-27-31-49(32-28-45)72(8,9)10/h17-34,37-43H,15-16,35-36H2,1-14H3. The second-order valence-corrected chi connectivity index (χ2v) is 28.2. The first-order valence-electron chi connectivity index (χ1n) is 29.7. The molecule has 0 fully saturated rings. The summed E-state index contributed by atoms with van der Waals surface area (Å²) in [6.45, 7) is 34.0. The largest absolute Gasteiger partial charge is 0.310 e. The van der Waals surface area contributed by atoms with Gasteiger partial charge >= 0.3 is 0 Å². The maximum atomic E-state index is 2.84. The fraction of sp³-hybridized carbons (Fsp3) is 0.333. The van der Waals surface area contributed by atoms with E-state index < -0.39 is 5.41 Å². The monoisotopic (exact) mass is 1010 g/mol. The van der Waals surface area contributed by atoms with E-state index in [9.17, 15) is 0 Å². The molecule has 0 saturated heterocycles. The lowest BCUT2D eigenvalue weighted by molar-refractivity contribution is 0.334. The zero-order valence-corrected chi connectivity index (χ0v) is 48.7. The molecule has 0 radical (unpaired) electrons. The quantitative estimate of drug-likeness (QED) is 0.147. The molecular formula is C75H75BN2. The normalized spacial score (nSPS) is 17.3. The molecule has 5 aliphatic rings. The first kappa shape index (κ1) is 48.3. The van der Waals surface area contributed by atoms with Gasteiger partial charge in [0.25, 0.3) is 6.71 Å². The van der Waals surface area contributed by atoms with E-state index in [0.717, 1.165) is 25.7 Å². The first-order valence-corrected chi connectivity index (χ1v) is 29.7. The number of hydrogen-bond acceptors (Lipinski definition) is 0. The van der Waals surface area contributed by atoms with Gasteiger partial charge in [-0.05, 0) is 178 Å². The van der Waals surface area contributed by atoms with Crippen molar-refractivity contribution in [2.75, 3.05) is 0 Å². The van der Waals surface area contributed by atoms with Crippen LogP contribution in [-0.4, -0.2) is 15.8 Å². The van der Waals surface area contributed by atoms with Gasteiger partial charge in [0.1, 0.15) is 0 Å². The van der Waals surface area contributed by atoms with E-state index in [-0.39, 0.29) is 28.4 Å². The van der Waals surface area contributed by atoms with Gasteiger partial charge in [-0.25, -0.2) is 0 Å². The van der Waals surface area contributed by atoms with E-state index in [1.807, 2.05) is 0 Å². The minimum absolute atomic E-state index is 0.00180. The van der Waals surface area contributed by atoms with Crippen molar-refractivity contribution in [3.8, 4) is 44.9 Å². The van der Waals surface area contributed by atoms with Crippen LogP contribution in [0.15, 0.2) is 140 Å². The lowest BCUT2D eigenvalue weighted by atomic mass is 9.31. The Bertz CT molecular complexity index is 4220. The van der Waals surface area contributed by atoms with Gasteiger partial charge in [0, 0.05) is 44.1 Å². The van der Waals surface area contributed by atoms with Crippen molar-refractivity contribution in [1.29, 1.82) is 0 Å². The van der Waals surface area contributed by atoms with Gasteiger partial charge in [-0.15, -0.1) is 0 Å². The Hall–Kier alpha value is -6.84. The average Bonchev–Trinajstić information content (AvgIpc) is 3.79. The van der Waals surface area contributed by atoms with Gasteiger partial charge in [0.05, 0.1) is 16.6 Å². The summed E-state index contributed by atoms with van der Waals surface area (Å²) in [5.41, 5.74) is 33.1. The molecule has 2 atom stereocenters. The van der Waals surface area contributed by atoms with Crippen molar-refractivity contribution in [3.63, 3.8) is 0 Å². The third-order valence-corrected chi connectivity index (χ3v) is 20.8. The van der Waals surface area contributed by atoms with E-state index in [1.165, 1.54) is 144 Å². The molecule has 0 amide bonds. The highest BCUT2D eigenvalue weighted by Gasteiger charge is 2.56. The van der Waals surface area contributed by atoms with Crippen molar-refractivity contribution in [2.45, 2.75) is 162 Å². The lowest BCUT2D eigenvalue weighted by Crippen LogP contribution is -2.63. The Kier molecular flexibility index (Phi) is 9.73. The predicted octanol–water partition coefficient (Wildman–Crippen LogP) is 17.9. The van der Waals surface area contributed by atoms with E-state index in [4.69, 9.17) is 0 Å². The molecule has 0 bridgehead atoms. The summed E-state index contributed by atoms with van der Waals surface area (Å²) < 4.78 is 5.66. The van der Waals surface area contributed by atoms with Gasteiger partial charge in [0.2, 0.25) is 0 Å². The molecule has 2 nitrogen and oxygen atoms in total. The lowest BCUT2D eigenvalue weighted by Gasteiger charge is -2.47. The van der Waals surface area contributed by atoms with Crippen LogP contribution in [0.1, 0.15) is 190 Å². The summed E-state index contributed by atoms with van der Waals surface area (Å²) >= 11 is 0. The summed E-state index contributed by atoms with van der Waals surface area (Å²) in [6, 6.07) is 57.0. The summed E-state index contributed by atoms with van der Waals surface area (Å²) in [5.74, 6) is 0.802. The number of nitrogens with zero attached hydrogens (tertiary/aromatic N) is 2. The van der Waals surface area contributed by atoms with Gasteiger partial charge in [0.15, 0.2) is 0 Å². The maximum absolute atomic E-state index is 2.84. The highest BCUT2D eigenvalue weighted by molar-refractivity contribution is 7.00. The number of fused-ring (bicyclic) bond motifs is 13. The van der Waals surface area contributed by atoms with Crippen LogP contribution in [-0.2, 0) is 27.1 Å². The van der Waals surface area contributed by atoms with E-state index in [2.05, 4.69) is 246 Å². The van der Waals surface area contributed by atoms with Crippen molar-refractivity contribution >= 4 is 55.8 Å². The number of hydrogen-bond donors (Lipinski definition) is 0. The van der Waals surface area contributed by atoms with Crippen LogP contribution in [0.25, 0.3) is 77.6 Å². The van der Waals surface area contributed by atoms with Crippen molar-refractivity contribution in [1.82, 2.24) is 9.13 Å². The third kappa shape index (κ3) is 6.01. The van der Waals surface area contributed by atoms with Crippen LogP contribution in [0.3, 0.4) is 0 Å². The van der Waals surface area contributed by atoms with Crippen LogP contribution in [0.5, 0.6) is 0 Å². The van der Waals surface area contributed by atoms with Crippen molar-refractivity contribution < 1.29 is 0 Å². The zero-order chi connectivity index (χ0) is 54.1. The fourth-order valence-electron chi connectivity index (χ4n) is 16.1. The second-order valence-electron chi connectivity index (χ2n) is 28.2. The molecular weight excluding hydrogens is 940 g/mol. The number of rotatable bonds is 6. The number of aromatic nitrogens is 2. The van der Waals surface area contributed by atoms with Gasteiger partial charge < -0.3 is 9.13 Å². The molecule has 0 N–H and O–H groups in total. The van der Waals surface area contributed by atoms with Crippen LogP contribution in [0.4, 0.5) is 0 Å². The van der Waals surface area contributed by atoms with E-state index in [0.29, 0.717) is 11.8 Å². The van der Waals surface area contributed by atoms with Crippen molar-refractivity contribution in [2.24, 2.45) is 0 Å². The van der Waals surface area contributed by atoms with Gasteiger partial charge in [-0.1, -0.05) is 212 Å². The first-order chi connectivity index (χ1) is 37.2. The Morgan fingerprint density at radius 2 is 1.05 bits per heavy atom. The van der Waals surface area contributed by atoms with Crippen molar-refractivity contribution in [3.05, 3.63) is 195 Å². The fourth-order valence-corrected chi connectivity index (χ4v) is 16.1. The van der Waals surface area contributed by atoms with E-state index >= 15 is 0 Å². The molecule has 10 aromatic rings.